The van der Waals surface area contributed by atoms with Gasteiger partial charge in [-0.3, -0.25) is 9.59 Å². The van der Waals surface area contributed by atoms with Gasteiger partial charge in [0.1, 0.15) is 11.3 Å². The maximum atomic E-state index is 12.3. The fourth-order valence-electron chi connectivity index (χ4n) is 2.26. The summed E-state index contributed by atoms with van der Waals surface area (Å²) in [6.45, 7) is -1.51. The fraction of sp³-hybridized carbons (Fsp3) is 0.133. The van der Waals surface area contributed by atoms with Crippen molar-refractivity contribution in [1.82, 2.24) is 14.6 Å². The van der Waals surface area contributed by atoms with Crippen LogP contribution in [0.25, 0.3) is 16.9 Å². The van der Waals surface area contributed by atoms with Gasteiger partial charge < -0.3 is 15.5 Å². The van der Waals surface area contributed by atoms with E-state index in [9.17, 15) is 22.8 Å². The summed E-state index contributed by atoms with van der Waals surface area (Å²) in [6.07, 6.45) is -3.39. The van der Waals surface area contributed by atoms with Gasteiger partial charge in [0.25, 0.3) is 11.5 Å². The van der Waals surface area contributed by atoms with E-state index in [1.165, 1.54) is 24.3 Å². The molecule has 2 heterocycles. The maximum Gasteiger partial charge on any atom is 0.422 e. The molecular formula is C15H10ClF3N4O3. The molecule has 0 aliphatic rings. The number of ether oxygens (including phenoxy) is 1. The molecule has 3 N–H and O–H groups in total. The Morgan fingerprint density at radius 2 is 2.08 bits per heavy atom. The Balaban J connectivity index is 2.07. The number of rotatable bonds is 4. The average Bonchev–Trinajstić information content (AvgIpc) is 2.98. The average molecular weight is 387 g/mol. The summed E-state index contributed by atoms with van der Waals surface area (Å²) in [5.74, 6) is -0.996. The van der Waals surface area contributed by atoms with E-state index in [2.05, 4.69) is 14.8 Å². The van der Waals surface area contributed by atoms with Gasteiger partial charge in [-0.2, -0.15) is 22.8 Å². The summed E-state index contributed by atoms with van der Waals surface area (Å²) >= 11 is 5.85. The fourth-order valence-corrected chi connectivity index (χ4v) is 2.43. The third-order valence-corrected chi connectivity index (χ3v) is 3.71. The van der Waals surface area contributed by atoms with Gasteiger partial charge in [0, 0.05) is 11.6 Å². The van der Waals surface area contributed by atoms with Gasteiger partial charge >= 0.3 is 6.18 Å². The van der Waals surface area contributed by atoms with Crippen molar-refractivity contribution in [2.75, 3.05) is 6.61 Å². The summed E-state index contributed by atoms with van der Waals surface area (Å²) in [6, 6.07) is 5.22. The lowest BCUT2D eigenvalue weighted by Crippen LogP contribution is -2.19. The first-order chi connectivity index (χ1) is 12.2. The first kappa shape index (κ1) is 17.8. The quantitative estimate of drug-likeness (QED) is 0.718. The van der Waals surface area contributed by atoms with Crippen LogP contribution in [0.5, 0.6) is 5.75 Å². The maximum absolute atomic E-state index is 12.3. The van der Waals surface area contributed by atoms with Gasteiger partial charge in [0.15, 0.2) is 12.3 Å². The molecule has 3 aromatic rings. The number of aromatic amines is 1. The second-order valence-electron chi connectivity index (χ2n) is 5.25. The second kappa shape index (κ2) is 6.37. The van der Waals surface area contributed by atoms with E-state index in [0.717, 1.165) is 10.7 Å². The number of nitrogens with zero attached hydrogens (tertiary/aromatic N) is 2. The van der Waals surface area contributed by atoms with Crippen LogP contribution >= 0.6 is 11.6 Å². The predicted octanol–water partition coefficient (Wildman–Crippen LogP) is 2.38. The van der Waals surface area contributed by atoms with E-state index in [1.54, 1.807) is 0 Å². The molecule has 0 unspecified atom stereocenters. The van der Waals surface area contributed by atoms with E-state index in [-0.39, 0.29) is 27.7 Å². The molecule has 0 aliphatic carbocycles. The van der Waals surface area contributed by atoms with Crippen LogP contribution in [0.1, 0.15) is 10.4 Å². The van der Waals surface area contributed by atoms with E-state index >= 15 is 0 Å². The molecule has 0 fully saturated rings. The Hall–Kier alpha value is -3.01. The largest absolute Gasteiger partial charge is 0.483 e. The molecule has 3 rings (SSSR count). The zero-order chi connectivity index (χ0) is 19.1. The van der Waals surface area contributed by atoms with Crippen LogP contribution in [0, 0.1) is 0 Å². The van der Waals surface area contributed by atoms with Gasteiger partial charge in [0.05, 0.1) is 16.9 Å². The second-order valence-corrected chi connectivity index (χ2v) is 5.66. The highest BCUT2D eigenvalue weighted by Crippen LogP contribution is 2.31. The van der Waals surface area contributed by atoms with E-state index in [1.807, 2.05) is 0 Å². The summed E-state index contributed by atoms with van der Waals surface area (Å²) in [7, 11) is 0. The zero-order valence-corrected chi connectivity index (χ0v) is 13.6. The molecule has 11 heteroatoms. The van der Waals surface area contributed by atoms with Gasteiger partial charge in [-0.15, -0.1) is 0 Å². The van der Waals surface area contributed by atoms with E-state index < -0.39 is 24.2 Å². The van der Waals surface area contributed by atoms with Crippen LogP contribution < -0.4 is 16.0 Å². The number of halogens is 4. The Labute approximate surface area is 148 Å². The molecule has 0 radical (unpaired) electrons. The van der Waals surface area contributed by atoms with Crippen molar-refractivity contribution in [3.05, 3.63) is 51.4 Å². The Morgan fingerprint density at radius 1 is 1.35 bits per heavy atom. The van der Waals surface area contributed by atoms with Crippen molar-refractivity contribution in [3.63, 3.8) is 0 Å². The zero-order valence-electron chi connectivity index (χ0n) is 12.8. The number of aromatic nitrogens is 3. The number of hydrogen-bond acceptors (Lipinski definition) is 4. The van der Waals surface area contributed by atoms with E-state index in [0.29, 0.717) is 5.56 Å². The number of benzene rings is 1. The number of primary amides is 1. The monoisotopic (exact) mass is 386 g/mol. The van der Waals surface area contributed by atoms with Crippen molar-refractivity contribution in [2.24, 2.45) is 5.73 Å². The molecule has 0 aliphatic heterocycles. The lowest BCUT2D eigenvalue weighted by molar-refractivity contribution is -0.153. The lowest BCUT2D eigenvalue weighted by Gasteiger charge is -2.12. The topological polar surface area (TPSA) is 102 Å². The van der Waals surface area contributed by atoms with Crippen molar-refractivity contribution in [2.45, 2.75) is 6.18 Å². The van der Waals surface area contributed by atoms with Gasteiger partial charge in [0.2, 0.25) is 0 Å². The summed E-state index contributed by atoms with van der Waals surface area (Å²) in [4.78, 5) is 26.4. The molecule has 26 heavy (non-hydrogen) atoms. The normalized spacial score (nSPS) is 11.7. The number of hydrogen-bond donors (Lipinski definition) is 2. The van der Waals surface area contributed by atoms with Gasteiger partial charge in [-0.1, -0.05) is 17.7 Å². The van der Waals surface area contributed by atoms with Gasteiger partial charge in [-0.25, -0.2) is 0 Å². The molecule has 7 nitrogen and oxygen atoms in total. The van der Waals surface area contributed by atoms with Crippen LogP contribution in [0.2, 0.25) is 5.02 Å². The van der Waals surface area contributed by atoms with Gasteiger partial charge in [-0.05, 0) is 12.1 Å². The molecular weight excluding hydrogens is 377 g/mol. The minimum atomic E-state index is -4.53. The number of nitrogens with one attached hydrogen (secondary N) is 1. The van der Waals surface area contributed by atoms with Crippen molar-refractivity contribution < 1.29 is 22.7 Å². The molecule has 0 saturated heterocycles. The molecule has 136 valence electrons. The van der Waals surface area contributed by atoms with Crippen molar-refractivity contribution >= 4 is 23.2 Å². The third kappa shape index (κ3) is 3.49. The van der Waals surface area contributed by atoms with Crippen molar-refractivity contribution in [3.8, 4) is 17.0 Å². The van der Waals surface area contributed by atoms with Crippen LogP contribution in [0.3, 0.4) is 0 Å². The standard InChI is InChI=1S/C15H10ClF3N4O3/c16-9-2-1-7(3-11(9)26-6-15(17,18)19)10-4-12(24)23-14(22-10)8(5-21-23)13(20)25/h1-5,22H,6H2,(H2,20,25). The molecule has 0 atom stereocenters. The highest BCUT2D eigenvalue weighted by Gasteiger charge is 2.29. The number of carbonyl (C=O) groups excluding carboxylic acids is 1. The molecule has 1 amide bonds. The highest BCUT2D eigenvalue weighted by atomic mass is 35.5. The summed E-state index contributed by atoms with van der Waals surface area (Å²) in [5, 5.41) is 3.74. The van der Waals surface area contributed by atoms with Crippen molar-refractivity contribution in [1.29, 1.82) is 0 Å². The lowest BCUT2D eigenvalue weighted by atomic mass is 10.1. The number of carbonyl (C=O) groups is 1. The molecule has 1 aromatic carbocycles. The summed E-state index contributed by atoms with van der Waals surface area (Å²) < 4.78 is 42.7. The minimum Gasteiger partial charge on any atom is -0.483 e. The molecule has 0 spiro atoms. The Kier molecular flexibility index (Phi) is 4.36. The first-order valence-corrected chi connectivity index (χ1v) is 7.44. The van der Waals surface area contributed by atoms with Crippen LogP contribution in [0.4, 0.5) is 13.2 Å². The van der Waals surface area contributed by atoms with Crippen LogP contribution in [-0.2, 0) is 0 Å². The highest BCUT2D eigenvalue weighted by molar-refractivity contribution is 6.32. The number of fused-ring (bicyclic) bond motifs is 1. The molecule has 2 aromatic heterocycles. The predicted molar refractivity (Wildman–Crippen MR) is 86.3 cm³/mol. The van der Waals surface area contributed by atoms with Crippen LogP contribution in [-0.4, -0.2) is 33.3 Å². The number of alkyl halides is 3. The minimum absolute atomic E-state index is 0.00791. The first-order valence-electron chi connectivity index (χ1n) is 7.06. The smallest absolute Gasteiger partial charge is 0.422 e. The third-order valence-electron chi connectivity index (χ3n) is 3.40. The Morgan fingerprint density at radius 3 is 2.73 bits per heavy atom. The molecule has 0 saturated carbocycles. The number of nitrogens with two attached hydrogens (primary N) is 1. The number of H-pyrrole nitrogens is 1. The van der Waals surface area contributed by atoms with Crippen LogP contribution in [0.15, 0.2) is 35.3 Å². The van der Waals surface area contributed by atoms with E-state index in [4.69, 9.17) is 17.3 Å². The number of amides is 1. The molecule has 0 bridgehead atoms. The SMILES string of the molecule is NC(=O)c1cnn2c(=O)cc(-c3ccc(Cl)c(OCC(F)(F)F)c3)[nH]c12. The summed E-state index contributed by atoms with van der Waals surface area (Å²) in [5.41, 5.74) is 5.27. The Bertz CT molecular complexity index is 1060.